The van der Waals surface area contributed by atoms with Crippen molar-refractivity contribution in [3.8, 4) is 0 Å². The van der Waals surface area contributed by atoms with E-state index in [1.54, 1.807) is 28.1 Å². The van der Waals surface area contributed by atoms with Crippen LogP contribution in [0.25, 0.3) is 0 Å². The van der Waals surface area contributed by atoms with Crippen molar-refractivity contribution in [3.63, 3.8) is 0 Å². The van der Waals surface area contributed by atoms with Gasteiger partial charge < -0.3 is 5.32 Å². The lowest BCUT2D eigenvalue weighted by atomic mass is 10.3. The molecule has 1 N–H and O–H groups in total. The molecule has 102 valence electrons. The number of aromatic nitrogens is 5. The molecule has 0 radical (unpaired) electrons. The Kier molecular flexibility index (Phi) is 4.27. The Morgan fingerprint density at radius 2 is 2.26 bits per heavy atom. The summed E-state index contributed by atoms with van der Waals surface area (Å²) in [4.78, 5) is 15.7. The van der Waals surface area contributed by atoms with E-state index in [1.807, 2.05) is 13.8 Å². The van der Waals surface area contributed by atoms with Crippen molar-refractivity contribution in [2.24, 2.45) is 0 Å². The minimum Gasteiger partial charge on any atom is -0.352 e. The molecule has 0 aromatic carbocycles. The first-order chi connectivity index (χ1) is 9.16. The monoisotopic (exact) mass is 262 g/mol. The zero-order valence-electron chi connectivity index (χ0n) is 11.2. The minimum absolute atomic E-state index is 0.0921. The van der Waals surface area contributed by atoms with Gasteiger partial charge in [-0.25, -0.2) is 4.98 Å². The van der Waals surface area contributed by atoms with Crippen molar-refractivity contribution in [2.45, 2.75) is 32.9 Å². The maximum atomic E-state index is 11.8. The number of hydrogen-bond acceptors (Lipinski definition) is 4. The Balaban J connectivity index is 1.74. The molecule has 0 saturated carbocycles. The average Bonchev–Trinajstić information content (AvgIpc) is 3.05. The van der Waals surface area contributed by atoms with E-state index in [9.17, 15) is 4.79 Å². The molecular formula is C12H18N6O. The number of rotatable bonds is 6. The molecule has 1 amide bonds. The van der Waals surface area contributed by atoms with E-state index in [0.29, 0.717) is 12.1 Å². The number of nitrogens with one attached hydrogen (secondary N) is 1. The summed E-state index contributed by atoms with van der Waals surface area (Å²) < 4.78 is 3.51. The fourth-order valence-corrected chi connectivity index (χ4v) is 1.63. The van der Waals surface area contributed by atoms with Gasteiger partial charge in [0, 0.05) is 25.3 Å². The topological polar surface area (TPSA) is 77.6 Å². The zero-order chi connectivity index (χ0) is 13.7. The van der Waals surface area contributed by atoms with Crippen molar-refractivity contribution in [2.75, 3.05) is 6.54 Å². The highest BCUT2D eigenvalue weighted by molar-refractivity contribution is 5.93. The van der Waals surface area contributed by atoms with Gasteiger partial charge in [-0.2, -0.15) is 10.2 Å². The highest BCUT2D eigenvalue weighted by Crippen LogP contribution is 2.05. The lowest BCUT2D eigenvalue weighted by Crippen LogP contribution is -2.25. The second-order valence-electron chi connectivity index (χ2n) is 4.57. The molecule has 0 atom stereocenters. The number of aryl methyl sites for hydroxylation is 1. The molecule has 2 aromatic heterocycles. The second kappa shape index (κ2) is 6.12. The summed E-state index contributed by atoms with van der Waals surface area (Å²) in [7, 11) is 0. The lowest BCUT2D eigenvalue weighted by molar-refractivity contribution is 0.0952. The summed E-state index contributed by atoms with van der Waals surface area (Å²) in [5.74, 6) is -0.0921. The molecule has 0 fully saturated rings. The molecule has 0 saturated heterocycles. The Morgan fingerprint density at radius 3 is 2.89 bits per heavy atom. The predicted octanol–water partition coefficient (Wildman–Crippen LogP) is 0.876. The van der Waals surface area contributed by atoms with Crippen molar-refractivity contribution < 1.29 is 4.79 Å². The summed E-state index contributed by atoms with van der Waals surface area (Å²) in [6.45, 7) is 5.39. The van der Waals surface area contributed by atoms with Crippen molar-refractivity contribution in [1.29, 1.82) is 0 Å². The van der Waals surface area contributed by atoms with Gasteiger partial charge in [0.05, 0.1) is 11.8 Å². The van der Waals surface area contributed by atoms with Crippen LogP contribution in [-0.4, -0.2) is 37.0 Å². The third-order valence-electron chi connectivity index (χ3n) is 2.71. The number of nitrogens with zero attached hydrogens (tertiary/aromatic N) is 5. The Bertz CT molecular complexity index is 516. The van der Waals surface area contributed by atoms with Crippen LogP contribution in [0.1, 0.15) is 36.7 Å². The molecule has 0 unspecified atom stereocenters. The standard InChI is InChI=1S/C12H18N6O/c1-10(2)18-7-11(6-15-18)12(19)14-4-3-5-17-9-13-8-16-17/h6-10H,3-5H2,1-2H3,(H,14,19). The van der Waals surface area contributed by atoms with Gasteiger partial charge in [0.2, 0.25) is 0 Å². The summed E-state index contributed by atoms with van der Waals surface area (Å²) in [6, 6.07) is 0.258. The zero-order valence-corrected chi connectivity index (χ0v) is 11.2. The number of carbonyl (C=O) groups is 1. The maximum absolute atomic E-state index is 11.8. The van der Waals surface area contributed by atoms with Gasteiger partial charge in [-0.15, -0.1) is 0 Å². The SMILES string of the molecule is CC(C)n1cc(C(=O)NCCCn2cncn2)cn1. The van der Waals surface area contributed by atoms with Gasteiger partial charge in [0.15, 0.2) is 0 Å². The van der Waals surface area contributed by atoms with E-state index in [-0.39, 0.29) is 11.9 Å². The van der Waals surface area contributed by atoms with Gasteiger partial charge in [0.1, 0.15) is 12.7 Å². The van der Waals surface area contributed by atoms with Gasteiger partial charge in [-0.1, -0.05) is 0 Å². The van der Waals surface area contributed by atoms with E-state index in [4.69, 9.17) is 0 Å². The molecule has 7 heteroatoms. The van der Waals surface area contributed by atoms with Crippen LogP contribution >= 0.6 is 0 Å². The highest BCUT2D eigenvalue weighted by Gasteiger charge is 2.09. The molecule has 2 aromatic rings. The fraction of sp³-hybridized carbons (Fsp3) is 0.500. The number of carbonyl (C=O) groups excluding carboxylic acids is 1. The minimum atomic E-state index is -0.0921. The fourth-order valence-electron chi connectivity index (χ4n) is 1.63. The third-order valence-corrected chi connectivity index (χ3v) is 2.71. The van der Waals surface area contributed by atoms with E-state index >= 15 is 0 Å². The first-order valence-corrected chi connectivity index (χ1v) is 6.31. The second-order valence-corrected chi connectivity index (χ2v) is 4.57. The van der Waals surface area contributed by atoms with Crippen LogP contribution in [0, 0.1) is 0 Å². The molecule has 2 heterocycles. The van der Waals surface area contributed by atoms with Gasteiger partial charge in [0.25, 0.3) is 5.91 Å². The van der Waals surface area contributed by atoms with E-state index < -0.39 is 0 Å². The number of amides is 1. The molecule has 0 aliphatic carbocycles. The van der Waals surface area contributed by atoms with Crippen LogP contribution in [0.3, 0.4) is 0 Å². The number of hydrogen-bond donors (Lipinski definition) is 1. The Labute approximate surface area is 111 Å². The van der Waals surface area contributed by atoms with Crippen LogP contribution < -0.4 is 5.32 Å². The van der Waals surface area contributed by atoms with Crippen molar-refractivity contribution >= 4 is 5.91 Å². The molecular weight excluding hydrogens is 244 g/mol. The van der Waals surface area contributed by atoms with Gasteiger partial charge in [-0.05, 0) is 20.3 Å². The van der Waals surface area contributed by atoms with Crippen LogP contribution in [-0.2, 0) is 6.54 Å². The molecule has 7 nitrogen and oxygen atoms in total. The van der Waals surface area contributed by atoms with Crippen LogP contribution in [0.5, 0.6) is 0 Å². The highest BCUT2D eigenvalue weighted by atomic mass is 16.1. The first-order valence-electron chi connectivity index (χ1n) is 6.31. The smallest absolute Gasteiger partial charge is 0.254 e. The predicted molar refractivity (Wildman–Crippen MR) is 69.6 cm³/mol. The quantitative estimate of drug-likeness (QED) is 0.784. The van der Waals surface area contributed by atoms with E-state index in [0.717, 1.165) is 13.0 Å². The third kappa shape index (κ3) is 3.64. The Morgan fingerprint density at radius 1 is 1.42 bits per heavy atom. The molecule has 0 bridgehead atoms. The molecule has 0 aliphatic heterocycles. The van der Waals surface area contributed by atoms with Crippen LogP contribution in [0.15, 0.2) is 25.0 Å². The normalized spacial score (nSPS) is 10.9. The molecule has 0 aliphatic rings. The Hall–Kier alpha value is -2.18. The van der Waals surface area contributed by atoms with Crippen molar-refractivity contribution in [1.82, 2.24) is 29.9 Å². The average molecular weight is 262 g/mol. The van der Waals surface area contributed by atoms with Gasteiger partial charge in [-0.3, -0.25) is 14.2 Å². The van der Waals surface area contributed by atoms with Gasteiger partial charge >= 0.3 is 0 Å². The summed E-state index contributed by atoms with van der Waals surface area (Å²) in [6.07, 6.45) is 7.32. The van der Waals surface area contributed by atoms with E-state index in [1.165, 1.54) is 6.33 Å². The maximum Gasteiger partial charge on any atom is 0.254 e. The van der Waals surface area contributed by atoms with Crippen LogP contribution in [0.4, 0.5) is 0 Å². The summed E-state index contributed by atoms with van der Waals surface area (Å²) >= 11 is 0. The molecule has 0 spiro atoms. The summed E-state index contributed by atoms with van der Waals surface area (Å²) in [5, 5.41) is 11.0. The van der Waals surface area contributed by atoms with E-state index in [2.05, 4.69) is 20.5 Å². The first kappa shape index (κ1) is 13.3. The lowest BCUT2D eigenvalue weighted by Gasteiger charge is -2.04. The molecule has 19 heavy (non-hydrogen) atoms. The largest absolute Gasteiger partial charge is 0.352 e. The summed E-state index contributed by atoms with van der Waals surface area (Å²) in [5.41, 5.74) is 0.592. The van der Waals surface area contributed by atoms with Crippen LogP contribution in [0.2, 0.25) is 0 Å². The molecule has 2 rings (SSSR count). The van der Waals surface area contributed by atoms with Crippen molar-refractivity contribution in [3.05, 3.63) is 30.6 Å².